The van der Waals surface area contributed by atoms with Gasteiger partial charge in [0.1, 0.15) is 5.76 Å². The Morgan fingerprint density at radius 3 is 2.96 bits per heavy atom. The summed E-state index contributed by atoms with van der Waals surface area (Å²) in [6.45, 7) is 9.10. The first-order valence-electron chi connectivity index (χ1n) is 7.78. The van der Waals surface area contributed by atoms with Crippen LogP contribution in [0.2, 0.25) is 0 Å². The zero-order valence-corrected chi connectivity index (χ0v) is 14.8. The van der Waals surface area contributed by atoms with E-state index < -0.39 is 0 Å². The van der Waals surface area contributed by atoms with Gasteiger partial charge < -0.3 is 14.1 Å². The molecule has 1 aliphatic rings. The molecule has 1 amide bonds. The maximum atomic E-state index is 12.6. The first-order valence-corrected chi connectivity index (χ1v) is 8.73. The van der Waals surface area contributed by atoms with Crippen molar-refractivity contribution < 1.29 is 13.9 Å². The standard InChI is InChI=1S/C17H22N2O3S/c1-11-8-19(10-17(3,4)22-11)15(20)7-14-12(2)21-16(18-14)13-5-6-23-9-13/h5-6,9,11H,7-8,10H2,1-4H3. The molecule has 0 bridgehead atoms. The van der Waals surface area contributed by atoms with Crippen LogP contribution in [0.5, 0.6) is 0 Å². The molecule has 1 atom stereocenters. The Morgan fingerprint density at radius 1 is 1.52 bits per heavy atom. The van der Waals surface area contributed by atoms with E-state index in [0.717, 1.165) is 5.56 Å². The molecule has 1 saturated heterocycles. The van der Waals surface area contributed by atoms with E-state index >= 15 is 0 Å². The molecule has 0 aromatic carbocycles. The maximum Gasteiger partial charge on any atom is 0.228 e. The maximum absolute atomic E-state index is 12.6. The summed E-state index contributed by atoms with van der Waals surface area (Å²) in [6.07, 6.45) is 0.310. The second-order valence-corrected chi connectivity index (χ2v) is 7.45. The monoisotopic (exact) mass is 334 g/mol. The van der Waals surface area contributed by atoms with E-state index in [4.69, 9.17) is 9.15 Å². The molecule has 0 radical (unpaired) electrons. The van der Waals surface area contributed by atoms with Gasteiger partial charge >= 0.3 is 0 Å². The molecule has 2 aromatic rings. The number of morpholine rings is 1. The Bertz CT molecular complexity index is 691. The number of ether oxygens (including phenoxy) is 1. The molecule has 0 N–H and O–H groups in total. The van der Waals surface area contributed by atoms with Gasteiger partial charge in [-0.25, -0.2) is 4.98 Å². The van der Waals surface area contributed by atoms with Crippen LogP contribution in [0.1, 0.15) is 32.2 Å². The van der Waals surface area contributed by atoms with Gasteiger partial charge in [-0.2, -0.15) is 11.3 Å². The van der Waals surface area contributed by atoms with Crippen LogP contribution in [0, 0.1) is 6.92 Å². The quantitative estimate of drug-likeness (QED) is 0.864. The van der Waals surface area contributed by atoms with Crippen LogP contribution < -0.4 is 0 Å². The van der Waals surface area contributed by atoms with Crippen molar-refractivity contribution in [3.8, 4) is 11.5 Å². The van der Waals surface area contributed by atoms with Gasteiger partial charge in [-0.1, -0.05) is 0 Å². The first kappa shape index (κ1) is 16.2. The van der Waals surface area contributed by atoms with Crippen LogP contribution in [0.25, 0.3) is 11.5 Å². The van der Waals surface area contributed by atoms with Crippen LogP contribution in [0.15, 0.2) is 21.2 Å². The molecular formula is C17H22N2O3S. The Morgan fingerprint density at radius 2 is 2.30 bits per heavy atom. The second-order valence-electron chi connectivity index (χ2n) is 6.67. The molecule has 124 valence electrons. The third kappa shape index (κ3) is 3.64. The number of nitrogens with zero attached hydrogens (tertiary/aromatic N) is 2. The summed E-state index contributed by atoms with van der Waals surface area (Å²) in [4.78, 5) is 19.0. The van der Waals surface area contributed by atoms with Gasteiger partial charge in [0, 0.05) is 24.0 Å². The minimum absolute atomic E-state index is 0.0440. The number of hydrogen-bond acceptors (Lipinski definition) is 5. The molecule has 3 heterocycles. The largest absolute Gasteiger partial charge is 0.441 e. The topological polar surface area (TPSA) is 55.6 Å². The van der Waals surface area contributed by atoms with E-state index in [1.54, 1.807) is 11.3 Å². The minimum atomic E-state index is -0.311. The van der Waals surface area contributed by atoms with Gasteiger partial charge in [0.05, 0.1) is 23.8 Å². The molecule has 1 aliphatic heterocycles. The van der Waals surface area contributed by atoms with Gasteiger partial charge in [-0.3, -0.25) is 4.79 Å². The second kappa shape index (κ2) is 6.09. The van der Waals surface area contributed by atoms with E-state index in [1.165, 1.54) is 0 Å². The lowest BCUT2D eigenvalue weighted by atomic mass is 10.0. The number of hydrogen-bond donors (Lipinski definition) is 0. The van der Waals surface area contributed by atoms with Crippen LogP contribution in [-0.4, -0.2) is 40.6 Å². The lowest BCUT2D eigenvalue weighted by Crippen LogP contribution is -2.54. The molecule has 5 nitrogen and oxygen atoms in total. The summed E-state index contributed by atoms with van der Waals surface area (Å²) in [6, 6.07) is 1.97. The van der Waals surface area contributed by atoms with Crippen LogP contribution in [-0.2, 0) is 16.0 Å². The summed E-state index contributed by atoms with van der Waals surface area (Å²) in [5.74, 6) is 1.36. The minimum Gasteiger partial charge on any atom is -0.441 e. The Kier molecular flexibility index (Phi) is 4.29. The number of thiophene rings is 1. The number of aryl methyl sites for hydroxylation is 1. The van der Waals surface area contributed by atoms with Crippen LogP contribution in [0.3, 0.4) is 0 Å². The summed E-state index contributed by atoms with van der Waals surface area (Å²) < 4.78 is 11.6. The number of oxazole rings is 1. The number of carbonyl (C=O) groups excluding carboxylic acids is 1. The molecule has 0 aliphatic carbocycles. The predicted octanol–water partition coefficient (Wildman–Crippen LogP) is 3.28. The van der Waals surface area contributed by atoms with E-state index in [-0.39, 0.29) is 24.0 Å². The molecule has 0 spiro atoms. The van der Waals surface area contributed by atoms with Gasteiger partial charge in [0.15, 0.2) is 0 Å². The van der Waals surface area contributed by atoms with Crippen molar-refractivity contribution in [3.05, 3.63) is 28.3 Å². The van der Waals surface area contributed by atoms with E-state index in [9.17, 15) is 4.79 Å². The van der Waals surface area contributed by atoms with Crippen LogP contribution >= 0.6 is 11.3 Å². The number of aromatic nitrogens is 1. The highest BCUT2D eigenvalue weighted by Gasteiger charge is 2.34. The van der Waals surface area contributed by atoms with Crippen molar-refractivity contribution >= 4 is 17.2 Å². The first-order chi connectivity index (χ1) is 10.8. The highest BCUT2D eigenvalue weighted by molar-refractivity contribution is 7.08. The van der Waals surface area contributed by atoms with Crippen molar-refractivity contribution in [2.45, 2.75) is 45.8 Å². The molecule has 3 rings (SSSR count). The summed E-state index contributed by atoms with van der Waals surface area (Å²) in [5, 5.41) is 3.97. The number of rotatable bonds is 3. The van der Waals surface area contributed by atoms with Crippen molar-refractivity contribution in [1.29, 1.82) is 0 Å². The molecule has 0 saturated carbocycles. The lowest BCUT2D eigenvalue weighted by Gasteiger charge is -2.41. The molecule has 23 heavy (non-hydrogen) atoms. The van der Waals surface area contributed by atoms with E-state index in [1.807, 2.05) is 49.4 Å². The van der Waals surface area contributed by atoms with Crippen molar-refractivity contribution in [2.75, 3.05) is 13.1 Å². The summed E-state index contributed by atoms with van der Waals surface area (Å²) in [7, 11) is 0. The molecular weight excluding hydrogens is 312 g/mol. The van der Waals surface area contributed by atoms with Gasteiger partial charge in [-0.15, -0.1) is 0 Å². The molecule has 2 aromatic heterocycles. The number of amides is 1. The normalized spacial score (nSPS) is 20.7. The fourth-order valence-corrected chi connectivity index (χ4v) is 3.63. The highest BCUT2D eigenvalue weighted by Crippen LogP contribution is 2.25. The summed E-state index contributed by atoms with van der Waals surface area (Å²) >= 11 is 1.60. The van der Waals surface area contributed by atoms with E-state index in [0.29, 0.717) is 30.4 Å². The van der Waals surface area contributed by atoms with Gasteiger partial charge in [0.25, 0.3) is 0 Å². The number of carbonyl (C=O) groups is 1. The predicted molar refractivity (Wildman–Crippen MR) is 89.5 cm³/mol. The van der Waals surface area contributed by atoms with Crippen molar-refractivity contribution in [1.82, 2.24) is 9.88 Å². The Hall–Kier alpha value is -1.66. The molecule has 6 heteroatoms. The van der Waals surface area contributed by atoms with Gasteiger partial charge in [0.2, 0.25) is 11.8 Å². The average molecular weight is 334 g/mol. The van der Waals surface area contributed by atoms with E-state index in [2.05, 4.69) is 4.98 Å². The van der Waals surface area contributed by atoms with Gasteiger partial charge in [-0.05, 0) is 39.1 Å². The fraction of sp³-hybridized carbons (Fsp3) is 0.529. The zero-order chi connectivity index (χ0) is 16.6. The third-order valence-corrected chi connectivity index (χ3v) is 4.58. The highest BCUT2D eigenvalue weighted by atomic mass is 32.1. The third-order valence-electron chi connectivity index (χ3n) is 3.90. The fourth-order valence-electron chi connectivity index (χ4n) is 3.00. The smallest absolute Gasteiger partial charge is 0.228 e. The lowest BCUT2D eigenvalue weighted by molar-refractivity contribution is -0.157. The Labute approximate surface area is 140 Å². The Balaban J connectivity index is 1.73. The van der Waals surface area contributed by atoms with Crippen molar-refractivity contribution in [3.63, 3.8) is 0 Å². The van der Waals surface area contributed by atoms with Crippen molar-refractivity contribution in [2.24, 2.45) is 0 Å². The summed E-state index contributed by atoms with van der Waals surface area (Å²) in [5.41, 5.74) is 1.36. The average Bonchev–Trinajstić information content (AvgIpc) is 3.07. The van der Waals surface area contributed by atoms with Crippen LogP contribution in [0.4, 0.5) is 0 Å². The molecule has 1 unspecified atom stereocenters. The zero-order valence-electron chi connectivity index (χ0n) is 14.0. The SMILES string of the molecule is Cc1oc(-c2ccsc2)nc1CC(=O)N1CC(C)OC(C)(C)C1. The molecule has 1 fully saturated rings.